The Balaban J connectivity index is 1.72. The Morgan fingerprint density at radius 3 is 2.31 bits per heavy atom. The average molecular weight is 514 g/mol. The molecule has 1 N–H and O–H groups in total. The summed E-state index contributed by atoms with van der Waals surface area (Å²) < 4.78 is 35.1. The molecule has 0 amide bonds. The summed E-state index contributed by atoms with van der Waals surface area (Å²) in [5.74, 6) is -0.260. The van der Waals surface area contributed by atoms with Gasteiger partial charge in [0, 0.05) is 5.02 Å². The minimum Gasteiger partial charge on any atom is -0.493 e. The van der Waals surface area contributed by atoms with Crippen LogP contribution in [0.25, 0.3) is 0 Å². The number of nitrogens with one attached hydrogen (secondary N) is 1. The molecule has 11 heteroatoms. The third-order valence-corrected chi connectivity index (χ3v) is 6.29. The molecule has 0 aliphatic rings. The highest BCUT2D eigenvalue weighted by Gasteiger charge is 2.15. The van der Waals surface area contributed by atoms with E-state index in [4.69, 9.17) is 44.3 Å². The molecule has 0 saturated carbocycles. The molecule has 3 rings (SSSR count). The molecule has 0 aliphatic carbocycles. The van der Waals surface area contributed by atoms with Gasteiger partial charge in [0.05, 0.1) is 33.8 Å². The van der Waals surface area contributed by atoms with E-state index in [2.05, 4.69) is 9.93 Å². The van der Waals surface area contributed by atoms with Gasteiger partial charge in [0.25, 0.3) is 10.0 Å². The van der Waals surface area contributed by atoms with Crippen LogP contribution in [0.15, 0.2) is 70.7 Å². The van der Waals surface area contributed by atoms with Crippen LogP contribution >= 0.6 is 34.8 Å². The number of carbonyl (C=O) groups is 1. The summed E-state index contributed by atoms with van der Waals surface area (Å²) in [6.07, 6.45) is 1.28. The maximum atomic E-state index is 12.4. The van der Waals surface area contributed by atoms with Crippen molar-refractivity contribution in [3.05, 3.63) is 86.9 Å². The zero-order valence-corrected chi connectivity index (χ0v) is 19.5. The highest BCUT2D eigenvalue weighted by molar-refractivity contribution is 7.89. The summed E-state index contributed by atoms with van der Waals surface area (Å²) in [4.78, 5) is 14.5. The van der Waals surface area contributed by atoms with Crippen molar-refractivity contribution in [2.45, 2.75) is 4.90 Å². The fourth-order valence-electron chi connectivity index (χ4n) is 2.47. The van der Waals surface area contributed by atoms with Crippen molar-refractivity contribution in [2.75, 3.05) is 7.11 Å². The van der Waals surface area contributed by atoms with Gasteiger partial charge in [-0.1, -0.05) is 34.8 Å². The first-order valence-corrected chi connectivity index (χ1v) is 11.5. The number of halogens is 3. The van der Waals surface area contributed by atoms with Gasteiger partial charge in [-0.2, -0.15) is 13.5 Å². The van der Waals surface area contributed by atoms with E-state index < -0.39 is 16.0 Å². The van der Waals surface area contributed by atoms with Crippen LogP contribution in [0.1, 0.15) is 15.9 Å². The molecule has 7 nitrogen and oxygen atoms in total. The monoisotopic (exact) mass is 512 g/mol. The van der Waals surface area contributed by atoms with E-state index in [9.17, 15) is 13.2 Å². The first-order chi connectivity index (χ1) is 15.2. The second-order valence-corrected chi connectivity index (χ2v) is 9.15. The van der Waals surface area contributed by atoms with Gasteiger partial charge in [0.1, 0.15) is 0 Å². The summed E-state index contributed by atoms with van der Waals surface area (Å²) in [6.45, 7) is 0. The first kappa shape index (κ1) is 23.9. The van der Waals surface area contributed by atoms with Gasteiger partial charge < -0.3 is 9.47 Å². The van der Waals surface area contributed by atoms with Gasteiger partial charge >= 0.3 is 5.97 Å². The molecule has 0 atom stereocenters. The molecular formula is C21H15Cl3N2O5S. The number of sulfonamides is 1. The lowest BCUT2D eigenvalue weighted by molar-refractivity contribution is 0.0729. The Labute approximate surface area is 199 Å². The van der Waals surface area contributed by atoms with Crippen molar-refractivity contribution in [3.63, 3.8) is 0 Å². The predicted molar refractivity (Wildman–Crippen MR) is 124 cm³/mol. The topological polar surface area (TPSA) is 94.1 Å². The number of benzene rings is 3. The molecule has 0 heterocycles. The molecule has 0 spiro atoms. The van der Waals surface area contributed by atoms with Gasteiger partial charge in [-0.3, -0.25) is 0 Å². The lowest BCUT2D eigenvalue weighted by Crippen LogP contribution is -2.18. The van der Waals surface area contributed by atoms with E-state index >= 15 is 0 Å². The zero-order valence-electron chi connectivity index (χ0n) is 16.4. The van der Waals surface area contributed by atoms with Gasteiger partial charge in [-0.15, -0.1) is 0 Å². The number of hydrogen-bond acceptors (Lipinski definition) is 6. The predicted octanol–water partition coefficient (Wildman–Crippen LogP) is 5.19. The molecule has 0 unspecified atom stereocenters. The van der Waals surface area contributed by atoms with E-state index in [0.717, 1.165) is 0 Å². The van der Waals surface area contributed by atoms with Crippen LogP contribution in [0.4, 0.5) is 0 Å². The van der Waals surface area contributed by atoms with Crippen LogP contribution in [0.2, 0.25) is 15.1 Å². The molecule has 3 aromatic carbocycles. The fourth-order valence-corrected chi connectivity index (χ4v) is 3.68. The second kappa shape index (κ2) is 10.2. The Morgan fingerprint density at radius 2 is 1.66 bits per heavy atom. The van der Waals surface area contributed by atoms with Crippen molar-refractivity contribution >= 4 is 57.0 Å². The quantitative estimate of drug-likeness (QED) is 0.203. The normalized spacial score (nSPS) is 11.4. The molecular weight excluding hydrogens is 499 g/mol. The Bertz CT molecular complexity index is 1280. The Morgan fingerprint density at radius 1 is 0.938 bits per heavy atom. The van der Waals surface area contributed by atoms with Gasteiger partial charge in [-0.25, -0.2) is 9.63 Å². The summed E-state index contributed by atoms with van der Waals surface area (Å²) >= 11 is 17.6. The summed E-state index contributed by atoms with van der Waals surface area (Å²) in [7, 11) is -2.45. The summed E-state index contributed by atoms with van der Waals surface area (Å²) in [5.41, 5.74) is 0.707. The van der Waals surface area contributed by atoms with E-state index in [-0.39, 0.29) is 27.0 Å². The highest BCUT2D eigenvalue weighted by atomic mass is 35.5. The maximum absolute atomic E-state index is 12.4. The van der Waals surface area contributed by atoms with E-state index in [1.54, 1.807) is 6.07 Å². The largest absolute Gasteiger partial charge is 0.493 e. The van der Waals surface area contributed by atoms with Gasteiger partial charge in [0.2, 0.25) is 0 Å². The smallest absolute Gasteiger partial charge is 0.343 e. The number of hydrazone groups is 1. The Hall–Kier alpha value is -2.78. The lowest BCUT2D eigenvalue weighted by Gasteiger charge is -2.10. The molecule has 0 fully saturated rings. The molecule has 0 saturated heterocycles. The Kier molecular flexibility index (Phi) is 7.63. The molecule has 0 aliphatic heterocycles. The summed E-state index contributed by atoms with van der Waals surface area (Å²) in [5, 5.41) is 4.71. The molecule has 3 aromatic rings. The minimum atomic E-state index is -3.85. The minimum absolute atomic E-state index is 0.0150. The van der Waals surface area contributed by atoms with Crippen LogP contribution in [0, 0.1) is 0 Å². The van der Waals surface area contributed by atoms with Crippen molar-refractivity contribution in [1.29, 1.82) is 0 Å². The SMILES string of the molecule is COc1cc(/C=N/NS(=O)(=O)c2ccc(Cl)cc2)ccc1OC(=O)c1ccc(Cl)c(Cl)c1. The molecule has 0 radical (unpaired) electrons. The van der Waals surface area contributed by atoms with E-state index in [1.807, 2.05) is 0 Å². The molecule has 0 bridgehead atoms. The van der Waals surface area contributed by atoms with Crippen molar-refractivity contribution in [3.8, 4) is 11.5 Å². The number of esters is 1. The van der Waals surface area contributed by atoms with Gasteiger partial charge in [-0.05, 0) is 66.2 Å². The first-order valence-electron chi connectivity index (χ1n) is 8.85. The standard InChI is InChI=1S/C21H15Cl3N2O5S/c1-30-20-10-13(12-25-26-32(28,29)16-6-4-15(22)5-7-16)2-9-19(20)31-21(27)14-3-8-17(23)18(24)11-14/h2-12,26H,1H3/b25-12+. The number of methoxy groups -OCH3 is 1. The molecule has 166 valence electrons. The van der Waals surface area contributed by atoms with Gasteiger partial charge in [0.15, 0.2) is 11.5 Å². The van der Waals surface area contributed by atoms with Crippen LogP contribution in [-0.2, 0) is 10.0 Å². The lowest BCUT2D eigenvalue weighted by atomic mass is 10.2. The third kappa shape index (κ3) is 5.92. The average Bonchev–Trinajstić information content (AvgIpc) is 2.76. The molecule has 0 aromatic heterocycles. The van der Waals surface area contributed by atoms with Crippen LogP contribution in [-0.4, -0.2) is 27.7 Å². The number of ether oxygens (including phenoxy) is 2. The number of hydrogen-bond donors (Lipinski definition) is 1. The van der Waals surface area contributed by atoms with E-state index in [0.29, 0.717) is 15.6 Å². The number of rotatable bonds is 7. The zero-order chi connectivity index (χ0) is 23.3. The second-order valence-electron chi connectivity index (χ2n) is 6.24. The maximum Gasteiger partial charge on any atom is 0.343 e. The van der Waals surface area contributed by atoms with Crippen molar-refractivity contribution in [2.24, 2.45) is 5.10 Å². The molecule has 32 heavy (non-hydrogen) atoms. The van der Waals surface area contributed by atoms with E-state index in [1.165, 1.54) is 67.9 Å². The summed E-state index contributed by atoms with van der Waals surface area (Å²) in [6, 6.07) is 14.6. The number of nitrogens with zero attached hydrogens (tertiary/aromatic N) is 1. The van der Waals surface area contributed by atoms with Crippen molar-refractivity contribution < 1.29 is 22.7 Å². The number of carbonyl (C=O) groups excluding carboxylic acids is 1. The van der Waals surface area contributed by atoms with Crippen LogP contribution in [0.5, 0.6) is 11.5 Å². The highest BCUT2D eigenvalue weighted by Crippen LogP contribution is 2.29. The van der Waals surface area contributed by atoms with Crippen LogP contribution < -0.4 is 14.3 Å². The van der Waals surface area contributed by atoms with Crippen LogP contribution in [0.3, 0.4) is 0 Å². The fraction of sp³-hybridized carbons (Fsp3) is 0.0476. The van der Waals surface area contributed by atoms with Crippen molar-refractivity contribution in [1.82, 2.24) is 4.83 Å². The third-order valence-electron chi connectivity index (χ3n) is 4.06.